The fourth-order valence-electron chi connectivity index (χ4n) is 4.68. The normalized spacial score (nSPS) is 33.0. The molecule has 0 aromatic heterocycles. The Labute approximate surface area is 122 Å². The SMILES string of the molecule is N#CC1(C(=O)N2CCC[C@H]3CCCC[C@H]32)CCCCC1. The minimum Gasteiger partial charge on any atom is -0.338 e. The molecule has 1 heterocycles. The zero-order valence-corrected chi connectivity index (χ0v) is 12.4. The molecule has 0 aromatic carbocycles. The Kier molecular flexibility index (Phi) is 4.01. The maximum absolute atomic E-state index is 13.1. The predicted octanol–water partition coefficient (Wildman–Crippen LogP) is 3.64. The molecule has 0 unspecified atom stereocenters. The number of likely N-dealkylation sites (tertiary alicyclic amines) is 1. The number of piperidine rings is 1. The maximum atomic E-state index is 13.1. The Balaban J connectivity index is 1.79. The average molecular weight is 274 g/mol. The lowest BCUT2D eigenvalue weighted by Gasteiger charge is -2.47. The molecule has 2 atom stereocenters. The van der Waals surface area contributed by atoms with Crippen molar-refractivity contribution in [2.45, 2.75) is 76.7 Å². The van der Waals surface area contributed by atoms with Gasteiger partial charge < -0.3 is 4.90 Å². The van der Waals surface area contributed by atoms with Crippen molar-refractivity contribution in [2.24, 2.45) is 11.3 Å². The van der Waals surface area contributed by atoms with Crippen molar-refractivity contribution in [3.63, 3.8) is 0 Å². The summed E-state index contributed by atoms with van der Waals surface area (Å²) in [5, 5.41) is 9.64. The fourth-order valence-corrected chi connectivity index (χ4v) is 4.68. The highest BCUT2D eigenvalue weighted by atomic mass is 16.2. The number of hydrogen-bond acceptors (Lipinski definition) is 2. The van der Waals surface area contributed by atoms with E-state index in [2.05, 4.69) is 11.0 Å². The Morgan fingerprint density at radius 3 is 2.45 bits per heavy atom. The van der Waals surface area contributed by atoms with E-state index < -0.39 is 5.41 Å². The lowest BCUT2D eigenvalue weighted by Crippen LogP contribution is -2.54. The summed E-state index contributed by atoms with van der Waals surface area (Å²) in [5.74, 6) is 0.886. The van der Waals surface area contributed by atoms with Gasteiger partial charge in [0.25, 0.3) is 0 Å². The molecule has 2 saturated carbocycles. The van der Waals surface area contributed by atoms with Gasteiger partial charge >= 0.3 is 0 Å². The van der Waals surface area contributed by atoms with Crippen LogP contribution in [0.5, 0.6) is 0 Å². The summed E-state index contributed by atoms with van der Waals surface area (Å²) in [7, 11) is 0. The zero-order valence-electron chi connectivity index (χ0n) is 12.4. The van der Waals surface area contributed by atoms with Crippen molar-refractivity contribution in [3.8, 4) is 6.07 Å². The van der Waals surface area contributed by atoms with E-state index in [0.717, 1.165) is 45.1 Å². The van der Waals surface area contributed by atoms with Crippen molar-refractivity contribution in [1.29, 1.82) is 5.26 Å². The van der Waals surface area contributed by atoms with Gasteiger partial charge in [0.2, 0.25) is 5.91 Å². The first-order valence-electron chi connectivity index (χ1n) is 8.49. The van der Waals surface area contributed by atoms with Crippen molar-refractivity contribution in [2.75, 3.05) is 6.54 Å². The minimum absolute atomic E-state index is 0.177. The third-order valence-electron chi connectivity index (χ3n) is 5.83. The second-order valence-corrected chi connectivity index (χ2v) is 7.01. The van der Waals surface area contributed by atoms with Crippen LogP contribution in [0.4, 0.5) is 0 Å². The number of rotatable bonds is 1. The number of carbonyl (C=O) groups is 1. The number of nitrogens with zero attached hydrogens (tertiary/aromatic N) is 2. The molecule has 3 nitrogen and oxygen atoms in total. The summed E-state index contributed by atoms with van der Waals surface area (Å²) in [6.07, 6.45) is 12.3. The molecule has 20 heavy (non-hydrogen) atoms. The molecule has 110 valence electrons. The van der Waals surface area contributed by atoms with Crippen LogP contribution in [-0.2, 0) is 4.79 Å². The monoisotopic (exact) mass is 274 g/mol. The quantitative estimate of drug-likeness (QED) is 0.732. The van der Waals surface area contributed by atoms with E-state index in [1.807, 2.05) is 0 Å². The number of fused-ring (bicyclic) bond motifs is 1. The molecule has 0 N–H and O–H groups in total. The summed E-state index contributed by atoms with van der Waals surface area (Å²) in [6.45, 7) is 0.892. The summed E-state index contributed by atoms with van der Waals surface area (Å²) < 4.78 is 0. The number of amides is 1. The third kappa shape index (κ3) is 2.34. The van der Waals surface area contributed by atoms with Gasteiger partial charge in [0.15, 0.2) is 0 Å². The topological polar surface area (TPSA) is 44.1 Å². The first-order valence-corrected chi connectivity index (χ1v) is 8.49. The van der Waals surface area contributed by atoms with E-state index >= 15 is 0 Å². The molecule has 0 radical (unpaired) electrons. The molecule has 0 aromatic rings. The number of nitriles is 1. The molecule has 0 bridgehead atoms. The van der Waals surface area contributed by atoms with Crippen LogP contribution < -0.4 is 0 Å². The standard InChI is InChI=1S/C17H26N2O/c18-13-17(10-4-1-5-11-17)16(20)19-12-6-8-14-7-2-3-9-15(14)19/h14-15H,1-12H2/t14-,15-/m1/s1. The Hall–Kier alpha value is -1.04. The van der Waals surface area contributed by atoms with Gasteiger partial charge in [0.1, 0.15) is 5.41 Å². The van der Waals surface area contributed by atoms with Crippen molar-refractivity contribution < 1.29 is 4.79 Å². The first-order chi connectivity index (χ1) is 9.77. The molecule has 1 amide bonds. The van der Waals surface area contributed by atoms with Gasteiger partial charge in [-0.3, -0.25) is 4.79 Å². The Morgan fingerprint density at radius 2 is 1.70 bits per heavy atom. The minimum atomic E-state index is -0.683. The molecule has 3 aliphatic rings. The van der Waals surface area contributed by atoms with E-state index in [4.69, 9.17) is 0 Å². The lowest BCUT2D eigenvalue weighted by atomic mass is 9.72. The summed E-state index contributed by atoms with van der Waals surface area (Å²) in [4.78, 5) is 15.2. The molecule has 0 spiro atoms. The van der Waals surface area contributed by atoms with Gasteiger partial charge in [0, 0.05) is 12.6 Å². The fraction of sp³-hybridized carbons (Fsp3) is 0.882. The van der Waals surface area contributed by atoms with Crippen LogP contribution in [0.3, 0.4) is 0 Å². The molecule has 2 aliphatic carbocycles. The second kappa shape index (κ2) is 5.76. The Morgan fingerprint density at radius 1 is 1.00 bits per heavy atom. The van der Waals surface area contributed by atoms with Crippen molar-refractivity contribution in [3.05, 3.63) is 0 Å². The van der Waals surface area contributed by atoms with Crippen LogP contribution in [0.15, 0.2) is 0 Å². The second-order valence-electron chi connectivity index (χ2n) is 7.01. The van der Waals surface area contributed by atoms with E-state index in [1.165, 1.54) is 32.1 Å². The number of hydrogen-bond donors (Lipinski definition) is 0. The number of carbonyl (C=O) groups excluding carboxylic acids is 1. The molecule has 1 saturated heterocycles. The van der Waals surface area contributed by atoms with Gasteiger partial charge in [0.05, 0.1) is 6.07 Å². The van der Waals surface area contributed by atoms with E-state index in [0.29, 0.717) is 12.0 Å². The lowest BCUT2D eigenvalue weighted by molar-refractivity contribution is -0.147. The van der Waals surface area contributed by atoms with Gasteiger partial charge in [-0.25, -0.2) is 0 Å². The van der Waals surface area contributed by atoms with Crippen LogP contribution in [0.1, 0.15) is 70.6 Å². The molecular weight excluding hydrogens is 248 g/mol. The van der Waals surface area contributed by atoms with Crippen LogP contribution in [-0.4, -0.2) is 23.4 Å². The molecule has 3 heteroatoms. The van der Waals surface area contributed by atoms with Crippen molar-refractivity contribution in [1.82, 2.24) is 4.90 Å². The highest BCUT2D eigenvalue weighted by molar-refractivity contribution is 5.86. The summed E-state index contributed by atoms with van der Waals surface area (Å²) >= 11 is 0. The van der Waals surface area contributed by atoms with Crippen LogP contribution >= 0.6 is 0 Å². The summed E-state index contributed by atoms with van der Waals surface area (Å²) in [6, 6.07) is 2.86. The molecule has 3 fully saturated rings. The van der Waals surface area contributed by atoms with E-state index in [-0.39, 0.29) is 5.91 Å². The predicted molar refractivity (Wildman–Crippen MR) is 77.8 cm³/mol. The maximum Gasteiger partial charge on any atom is 0.243 e. The van der Waals surface area contributed by atoms with Gasteiger partial charge in [-0.05, 0) is 44.4 Å². The van der Waals surface area contributed by atoms with E-state index in [1.54, 1.807) is 0 Å². The van der Waals surface area contributed by atoms with Gasteiger partial charge in [-0.1, -0.05) is 32.1 Å². The van der Waals surface area contributed by atoms with Crippen LogP contribution in [0, 0.1) is 22.7 Å². The smallest absolute Gasteiger partial charge is 0.243 e. The third-order valence-corrected chi connectivity index (χ3v) is 5.83. The van der Waals surface area contributed by atoms with Crippen LogP contribution in [0.25, 0.3) is 0 Å². The van der Waals surface area contributed by atoms with Crippen molar-refractivity contribution >= 4 is 5.91 Å². The molecule has 3 rings (SSSR count). The largest absolute Gasteiger partial charge is 0.338 e. The average Bonchev–Trinajstić information content (AvgIpc) is 2.54. The highest BCUT2D eigenvalue weighted by Crippen LogP contribution is 2.42. The van der Waals surface area contributed by atoms with Gasteiger partial charge in [-0.2, -0.15) is 5.26 Å². The summed E-state index contributed by atoms with van der Waals surface area (Å²) in [5.41, 5.74) is -0.683. The zero-order chi connectivity index (χ0) is 14.0. The van der Waals surface area contributed by atoms with E-state index in [9.17, 15) is 10.1 Å². The Bertz CT molecular complexity index is 404. The first kappa shape index (κ1) is 13.9. The van der Waals surface area contributed by atoms with Crippen LogP contribution in [0.2, 0.25) is 0 Å². The molecular formula is C17H26N2O. The molecule has 1 aliphatic heterocycles. The van der Waals surface area contributed by atoms with Gasteiger partial charge in [-0.15, -0.1) is 0 Å². The highest BCUT2D eigenvalue weighted by Gasteiger charge is 2.46.